The number of hydrogen-bond acceptors (Lipinski definition) is 3. The molecule has 1 atom stereocenters. The van der Waals surface area contributed by atoms with Crippen molar-refractivity contribution < 1.29 is 27.1 Å². The zero-order valence-corrected chi connectivity index (χ0v) is 9.92. The van der Waals surface area contributed by atoms with Gasteiger partial charge in [0.2, 0.25) is 0 Å². The summed E-state index contributed by atoms with van der Waals surface area (Å²) in [7, 11) is 0. The summed E-state index contributed by atoms with van der Waals surface area (Å²) in [6.45, 7) is -0.228. The average molecular weight is 280 g/mol. The first-order valence-corrected chi connectivity index (χ1v) is 5.25. The number of benzene rings is 1. The molecular weight excluding hydrogens is 268 g/mol. The van der Waals surface area contributed by atoms with E-state index in [-0.39, 0.29) is 11.4 Å². The lowest BCUT2D eigenvalue weighted by molar-refractivity contribution is -0.142. The molecule has 0 aliphatic carbocycles. The molecule has 0 aromatic heterocycles. The van der Waals surface area contributed by atoms with Crippen molar-refractivity contribution in [2.45, 2.75) is 19.2 Å². The molecule has 0 aliphatic rings. The molecule has 0 spiro atoms. The molecule has 0 heterocycles. The quantitative estimate of drug-likeness (QED) is 0.653. The smallest absolute Gasteiger partial charge is 0.405 e. The Morgan fingerprint density at radius 3 is 2.68 bits per heavy atom. The lowest BCUT2D eigenvalue weighted by atomic mass is 10.3. The minimum atomic E-state index is -4.51. The summed E-state index contributed by atoms with van der Waals surface area (Å²) in [5.41, 5.74) is 5.56. The molecule has 0 saturated carbocycles. The Kier molecular flexibility index (Phi) is 4.57. The van der Waals surface area contributed by atoms with Crippen molar-refractivity contribution >= 4 is 11.6 Å². The molecule has 1 rings (SSSR count). The number of alkyl halides is 3. The highest BCUT2D eigenvalue weighted by Gasteiger charge is 2.29. The van der Waals surface area contributed by atoms with Crippen LogP contribution in [0.15, 0.2) is 18.2 Å². The molecular formula is C11H12F4N2O2. The minimum Gasteiger partial charge on any atom is -0.479 e. The minimum absolute atomic E-state index is 0.0804. The third kappa shape index (κ3) is 5.02. The Balaban J connectivity index is 2.61. The maximum atomic E-state index is 12.9. The topological polar surface area (TPSA) is 64.3 Å². The van der Waals surface area contributed by atoms with Gasteiger partial charge >= 0.3 is 6.18 Å². The number of nitrogens with one attached hydrogen (secondary N) is 1. The number of nitrogens with two attached hydrogens (primary N) is 1. The van der Waals surface area contributed by atoms with Crippen LogP contribution in [-0.4, -0.2) is 24.7 Å². The second-order valence-electron chi connectivity index (χ2n) is 3.78. The number of hydrogen-bond donors (Lipinski definition) is 2. The van der Waals surface area contributed by atoms with E-state index in [0.29, 0.717) is 0 Å². The highest BCUT2D eigenvalue weighted by molar-refractivity contribution is 5.80. The predicted octanol–water partition coefficient (Wildman–Crippen LogP) is 1.85. The van der Waals surface area contributed by atoms with Crippen molar-refractivity contribution in [1.82, 2.24) is 5.32 Å². The molecule has 106 valence electrons. The molecule has 19 heavy (non-hydrogen) atoms. The molecule has 0 saturated heterocycles. The zero-order chi connectivity index (χ0) is 14.6. The normalized spacial score (nSPS) is 12.9. The van der Waals surface area contributed by atoms with Gasteiger partial charge in [0.15, 0.2) is 6.10 Å². The van der Waals surface area contributed by atoms with E-state index < -0.39 is 30.5 Å². The van der Waals surface area contributed by atoms with Crippen LogP contribution in [0.4, 0.5) is 23.2 Å². The van der Waals surface area contributed by atoms with Gasteiger partial charge < -0.3 is 15.8 Å². The summed E-state index contributed by atoms with van der Waals surface area (Å²) in [4.78, 5) is 11.3. The first kappa shape index (κ1) is 15.1. The van der Waals surface area contributed by atoms with Gasteiger partial charge in [-0.05, 0) is 19.1 Å². The third-order valence-electron chi connectivity index (χ3n) is 2.11. The van der Waals surface area contributed by atoms with E-state index in [2.05, 4.69) is 0 Å². The van der Waals surface area contributed by atoms with Crippen molar-refractivity contribution in [3.05, 3.63) is 24.0 Å². The van der Waals surface area contributed by atoms with Gasteiger partial charge in [-0.3, -0.25) is 4.79 Å². The highest BCUT2D eigenvalue weighted by atomic mass is 19.4. The van der Waals surface area contributed by atoms with Gasteiger partial charge in [-0.1, -0.05) is 0 Å². The Morgan fingerprint density at radius 1 is 1.47 bits per heavy atom. The zero-order valence-electron chi connectivity index (χ0n) is 9.92. The fraction of sp³-hybridized carbons (Fsp3) is 0.364. The van der Waals surface area contributed by atoms with E-state index in [4.69, 9.17) is 10.5 Å². The number of anilines is 1. The van der Waals surface area contributed by atoms with Gasteiger partial charge in [-0.15, -0.1) is 0 Å². The fourth-order valence-corrected chi connectivity index (χ4v) is 1.19. The molecule has 4 nitrogen and oxygen atoms in total. The second-order valence-corrected chi connectivity index (χ2v) is 3.78. The third-order valence-corrected chi connectivity index (χ3v) is 2.11. The largest absolute Gasteiger partial charge is 0.479 e. The number of halogens is 4. The van der Waals surface area contributed by atoms with E-state index in [1.54, 1.807) is 5.32 Å². The van der Waals surface area contributed by atoms with Crippen molar-refractivity contribution in [2.75, 3.05) is 12.3 Å². The number of ether oxygens (including phenoxy) is 1. The summed E-state index contributed by atoms with van der Waals surface area (Å²) in [5, 5.41) is 1.65. The molecule has 3 N–H and O–H groups in total. The Labute approximate surface area is 106 Å². The van der Waals surface area contributed by atoms with E-state index in [9.17, 15) is 22.4 Å². The maximum absolute atomic E-state index is 12.9. The number of carbonyl (C=O) groups is 1. The molecule has 1 aromatic carbocycles. The summed E-state index contributed by atoms with van der Waals surface area (Å²) in [5.74, 6) is -1.71. The van der Waals surface area contributed by atoms with Crippen molar-refractivity contribution in [2.24, 2.45) is 0 Å². The van der Waals surface area contributed by atoms with E-state index in [1.165, 1.54) is 13.0 Å². The Bertz CT molecular complexity index is 462. The van der Waals surface area contributed by atoms with E-state index >= 15 is 0 Å². The van der Waals surface area contributed by atoms with Gasteiger partial charge in [0.05, 0.1) is 5.69 Å². The van der Waals surface area contributed by atoms with Gasteiger partial charge in [0.25, 0.3) is 5.91 Å². The molecule has 0 fully saturated rings. The van der Waals surface area contributed by atoms with Crippen LogP contribution in [0.5, 0.6) is 5.75 Å². The highest BCUT2D eigenvalue weighted by Crippen LogP contribution is 2.23. The van der Waals surface area contributed by atoms with Crippen molar-refractivity contribution in [1.29, 1.82) is 0 Å². The van der Waals surface area contributed by atoms with Crippen LogP contribution in [-0.2, 0) is 4.79 Å². The van der Waals surface area contributed by atoms with Gasteiger partial charge in [-0.2, -0.15) is 13.2 Å². The van der Waals surface area contributed by atoms with Crippen molar-refractivity contribution in [3.63, 3.8) is 0 Å². The summed E-state index contributed by atoms with van der Waals surface area (Å²) < 4.78 is 53.6. The molecule has 1 amide bonds. The summed E-state index contributed by atoms with van der Waals surface area (Å²) in [6.07, 6.45) is -5.74. The lowest BCUT2D eigenvalue weighted by Crippen LogP contribution is -2.41. The van der Waals surface area contributed by atoms with Crippen LogP contribution >= 0.6 is 0 Å². The number of rotatable bonds is 4. The summed E-state index contributed by atoms with van der Waals surface area (Å²) in [6, 6.07) is 3.27. The first-order valence-electron chi connectivity index (χ1n) is 5.25. The first-order chi connectivity index (χ1) is 8.69. The van der Waals surface area contributed by atoms with Crippen molar-refractivity contribution in [3.8, 4) is 5.75 Å². The number of carbonyl (C=O) groups excluding carboxylic acids is 1. The van der Waals surface area contributed by atoms with Crippen LogP contribution < -0.4 is 15.8 Å². The van der Waals surface area contributed by atoms with Gasteiger partial charge in [0.1, 0.15) is 18.1 Å². The molecule has 0 aliphatic heterocycles. The summed E-state index contributed by atoms with van der Waals surface area (Å²) >= 11 is 0. The van der Waals surface area contributed by atoms with Crippen LogP contribution in [0.25, 0.3) is 0 Å². The predicted molar refractivity (Wildman–Crippen MR) is 60.0 cm³/mol. The Hall–Kier alpha value is -1.99. The van der Waals surface area contributed by atoms with Crippen LogP contribution in [0.2, 0.25) is 0 Å². The van der Waals surface area contributed by atoms with Crippen LogP contribution in [0.3, 0.4) is 0 Å². The standard InChI is InChI=1S/C11H12F4N2O2/c1-6(10(18)17-5-11(13,14)15)19-9-4-7(12)2-3-8(9)16/h2-4,6H,5,16H2,1H3,(H,17,18)/t6-/m1/s1. The number of nitrogen functional groups attached to an aromatic ring is 1. The van der Waals surface area contributed by atoms with Gasteiger partial charge in [-0.25, -0.2) is 4.39 Å². The molecule has 0 unspecified atom stereocenters. The molecule has 8 heteroatoms. The van der Waals surface area contributed by atoms with Gasteiger partial charge in [0, 0.05) is 6.07 Å². The van der Waals surface area contributed by atoms with E-state index in [0.717, 1.165) is 12.1 Å². The monoisotopic (exact) mass is 280 g/mol. The lowest BCUT2D eigenvalue weighted by Gasteiger charge is -2.16. The molecule has 0 bridgehead atoms. The molecule has 0 radical (unpaired) electrons. The fourth-order valence-electron chi connectivity index (χ4n) is 1.19. The van der Waals surface area contributed by atoms with Crippen LogP contribution in [0, 0.1) is 5.82 Å². The number of amides is 1. The molecule has 1 aromatic rings. The van der Waals surface area contributed by atoms with Crippen LogP contribution in [0.1, 0.15) is 6.92 Å². The van der Waals surface area contributed by atoms with E-state index in [1.807, 2.05) is 0 Å². The maximum Gasteiger partial charge on any atom is 0.405 e. The Morgan fingerprint density at radius 2 is 2.11 bits per heavy atom. The second kappa shape index (κ2) is 5.77. The SMILES string of the molecule is C[C@@H](Oc1cc(F)ccc1N)C(=O)NCC(F)(F)F. The average Bonchev–Trinajstić information content (AvgIpc) is 2.29.